The van der Waals surface area contributed by atoms with E-state index in [1.54, 1.807) is 0 Å². The highest BCUT2D eigenvalue weighted by molar-refractivity contribution is 5.82. The van der Waals surface area contributed by atoms with E-state index in [1.807, 2.05) is 12.3 Å². The zero-order valence-electron chi connectivity index (χ0n) is 20.2. The molecule has 2 aliphatic heterocycles. The van der Waals surface area contributed by atoms with Crippen molar-refractivity contribution in [2.24, 2.45) is 11.8 Å². The second kappa shape index (κ2) is 10.1. The monoisotopic (exact) mass is 457 g/mol. The maximum atomic E-state index is 5.57. The van der Waals surface area contributed by atoms with Crippen molar-refractivity contribution in [1.29, 1.82) is 0 Å². The van der Waals surface area contributed by atoms with Gasteiger partial charge in [-0.3, -0.25) is 4.98 Å². The molecule has 2 aromatic carbocycles. The number of rotatable bonds is 8. The molecule has 1 fully saturated rings. The SMILES string of the molecule is C=C(Cc1ccc2c(c1)OCO2)N[C@H](c1ccnc2ccccc12)[C@H]1C[C@H](CC)[C@@H](CC)CN1. The summed E-state index contributed by atoms with van der Waals surface area (Å²) in [6.45, 7) is 10.4. The zero-order chi connectivity index (χ0) is 23.5. The molecule has 0 amide bonds. The number of benzene rings is 2. The van der Waals surface area contributed by atoms with Gasteiger partial charge in [0.25, 0.3) is 0 Å². The van der Waals surface area contributed by atoms with Crippen molar-refractivity contribution < 1.29 is 9.47 Å². The van der Waals surface area contributed by atoms with E-state index in [-0.39, 0.29) is 6.04 Å². The Morgan fingerprint density at radius 3 is 2.76 bits per heavy atom. The molecule has 2 N–H and O–H groups in total. The molecule has 3 aromatic rings. The van der Waals surface area contributed by atoms with Crippen molar-refractivity contribution in [3.8, 4) is 11.5 Å². The van der Waals surface area contributed by atoms with Crippen molar-refractivity contribution in [3.63, 3.8) is 0 Å². The Bertz CT molecular complexity index is 1160. The number of piperidine rings is 1. The number of fused-ring (bicyclic) bond motifs is 2. The van der Waals surface area contributed by atoms with E-state index in [2.05, 4.69) is 78.5 Å². The first-order chi connectivity index (χ1) is 16.7. The molecule has 34 heavy (non-hydrogen) atoms. The third-order valence-corrected chi connectivity index (χ3v) is 7.55. The highest BCUT2D eigenvalue weighted by Crippen LogP contribution is 2.36. The molecule has 1 saturated heterocycles. The van der Waals surface area contributed by atoms with Gasteiger partial charge in [0.1, 0.15) is 0 Å². The maximum Gasteiger partial charge on any atom is 0.231 e. The van der Waals surface area contributed by atoms with E-state index in [1.165, 1.54) is 23.8 Å². The molecule has 0 saturated carbocycles. The second-order valence-corrected chi connectivity index (χ2v) is 9.59. The van der Waals surface area contributed by atoms with Gasteiger partial charge in [-0.05, 0) is 60.2 Å². The standard InChI is InChI=1S/C29H35N3O2/c1-4-21-16-26(31-17-22(21)5-2)29(24-12-13-30-25-9-7-6-8-23(24)25)32-19(3)14-20-10-11-27-28(15-20)34-18-33-27/h6-13,15,21-22,26,29,31-32H,3-5,14,16-18H2,1-2H3/t21-,22-,26+,29+/m0/s1. The Morgan fingerprint density at radius 1 is 1.09 bits per heavy atom. The van der Waals surface area contributed by atoms with Crippen LogP contribution in [0.3, 0.4) is 0 Å². The minimum absolute atomic E-state index is 0.112. The van der Waals surface area contributed by atoms with Gasteiger partial charge in [-0.15, -0.1) is 0 Å². The number of nitrogens with one attached hydrogen (secondary N) is 2. The van der Waals surface area contributed by atoms with Crippen LogP contribution in [0.1, 0.15) is 50.3 Å². The van der Waals surface area contributed by atoms with Crippen LogP contribution in [0.4, 0.5) is 0 Å². The number of hydrogen-bond acceptors (Lipinski definition) is 5. The van der Waals surface area contributed by atoms with Gasteiger partial charge in [-0.2, -0.15) is 0 Å². The van der Waals surface area contributed by atoms with Crippen molar-refractivity contribution in [1.82, 2.24) is 15.6 Å². The first-order valence-electron chi connectivity index (χ1n) is 12.6. The molecule has 4 atom stereocenters. The van der Waals surface area contributed by atoms with Crippen LogP contribution >= 0.6 is 0 Å². The van der Waals surface area contributed by atoms with E-state index in [9.17, 15) is 0 Å². The van der Waals surface area contributed by atoms with E-state index in [4.69, 9.17) is 9.47 Å². The first kappa shape index (κ1) is 22.7. The van der Waals surface area contributed by atoms with Crippen LogP contribution in [0.25, 0.3) is 10.9 Å². The molecule has 2 aliphatic rings. The predicted molar refractivity (Wildman–Crippen MR) is 137 cm³/mol. The van der Waals surface area contributed by atoms with Crippen LogP contribution in [0.5, 0.6) is 11.5 Å². The average Bonchev–Trinajstić information content (AvgIpc) is 3.34. The normalized spacial score (nSPS) is 22.5. The average molecular weight is 458 g/mol. The van der Waals surface area contributed by atoms with Crippen LogP contribution < -0.4 is 20.1 Å². The predicted octanol–water partition coefficient (Wildman–Crippen LogP) is 5.76. The minimum atomic E-state index is 0.112. The first-order valence-corrected chi connectivity index (χ1v) is 12.6. The summed E-state index contributed by atoms with van der Waals surface area (Å²) in [5.41, 5.74) is 4.47. The fraction of sp³-hybridized carbons (Fsp3) is 0.414. The number of ether oxygens (including phenoxy) is 2. The largest absolute Gasteiger partial charge is 0.454 e. The van der Waals surface area contributed by atoms with Gasteiger partial charge < -0.3 is 20.1 Å². The lowest BCUT2D eigenvalue weighted by atomic mass is 9.77. The molecule has 0 bridgehead atoms. The van der Waals surface area contributed by atoms with Gasteiger partial charge in [0.2, 0.25) is 6.79 Å². The lowest BCUT2D eigenvalue weighted by Gasteiger charge is -2.41. The van der Waals surface area contributed by atoms with E-state index < -0.39 is 0 Å². The fourth-order valence-electron chi connectivity index (χ4n) is 5.66. The van der Waals surface area contributed by atoms with Crippen molar-refractivity contribution >= 4 is 10.9 Å². The molecular weight excluding hydrogens is 422 g/mol. The van der Waals surface area contributed by atoms with Crippen molar-refractivity contribution in [2.75, 3.05) is 13.3 Å². The quantitative estimate of drug-likeness (QED) is 0.450. The van der Waals surface area contributed by atoms with E-state index in [0.29, 0.717) is 12.8 Å². The molecule has 0 unspecified atom stereocenters. The lowest BCUT2D eigenvalue weighted by Crippen LogP contribution is -2.50. The van der Waals surface area contributed by atoms with Crippen LogP contribution in [-0.4, -0.2) is 24.4 Å². The summed E-state index contributed by atoms with van der Waals surface area (Å²) in [4.78, 5) is 4.61. The van der Waals surface area contributed by atoms with Gasteiger partial charge in [0.15, 0.2) is 11.5 Å². The highest BCUT2D eigenvalue weighted by atomic mass is 16.7. The zero-order valence-corrected chi connectivity index (χ0v) is 20.2. The number of hydrogen-bond donors (Lipinski definition) is 2. The number of allylic oxidation sites excluding steroid dienone is 1. The van der Waals surface area contributed by atoms with Crippen LogP contribution in [0.2, 0.25) is 0 Å². The van der Waals surface area contributed by atoms with Gasteiger partial charge >= 0.3 is 0 Å². The third-order valence-electron chi connectivity index (χ3n) is 7.55. The van der Waals surface area contributed by atoms with Gasteiger partial charge in [0, 0.05) is 29.7 Å². The smallest absolute Gasteiger partial charge is 0.231 e. The Morgan fingerprint density at radius 2 is 1.91 bits per heavy atom. The molecule has 1 aromatic heterocycles. The summed E-state index contributed by atoms with van der Waals surface area (Å²) in [6.07, 6.45) is 6.27. The molecule has 0 aliphatic carbocycles. The molecule has 0 spiro atoms. The molecular formula is C29H35N3O2. The third kappa shape index (κ3) is 4.62. The Hall–Kier alpha value is -3.05. The van der Waals surface area contributed by atoms with E-state index in [0.717, 1.165) is 59.5 Å². The Balaban J connectivity index is 1.42. The Kier molecular flexibility index (Phi) is 6.73. The molecule has 5 nitrogen and oxygen atoms in total. The molecule has 3 heterocycles. The summed E-state index contributed by atoms with van der Waals surface area (Å²) >= 11 is 0. The molecule has 178 valence electrons. The molecule has 5 heteroatoms. The number of aromatic nitrogens is 1. The summed E-state index contributed by atoms with van der Waals surface area (Å²) in [5, 5.41) is 8.92. The minimum Gasteiger partial charge on any atom is -0.454 e. The van der Waals surface area contributed by atoms with Crippen molar-refractivity contribution in [2.45, 2.75) is 51.6 Å². The van der Waals surface area contributed by atoms with Crippen LogP contribution in [-0.2, 0) is 6.42 Å². The topological polar surface area (TPSA) is 55.4 Å². The number of para-hydroxylation sites is 1. The van der Waals surface area contributed by atoms with Crippen molar-refractivity contribution in [3.05, 3.63) is 78.1 Å². The van der Waals surface area contributed by atoms with Crippen LogP contribution in [0, 0.1) is 11.8 Å². The summed E-state index contributed by atoms with van der Waals surface area (Å²) in [5.74, 6) is 3.10. The number of pyridine rings is 1. The summed E-state index contributed by atoms with van der Waals surface area (Å²) < 4.78 is 11.0. The number of nitrogens with zero attached hydrogens (tertiary/aromatic N) is 1. The summed E-state index contributed by atoms with van der Waals surface area (Å²) in [6, 6.07) is 17.2. The highest BCUT2D eigenvalue weighted by Gasteiger charge is 2.34. The maximum absolute atomic E-state index is 5.57. The van der Waals surface area contributed by atoms with Gasteiger partial charge in [0.05, 0.1) is 11.6 Å². The van der Waals surface area contributed by atoms with Crippen LogP contribution in [0.15, 0.2) is 67.0 Å². The second-order valence-electron chi connectivity index (χ2n) is 9.59. The lowest BCUT2D eigenvalue weighted by molar-refractivity contribution is 0.174. The van der Waals surface area contributed by atoms with Gasteiger partial charge in [-0.1, -0.05) is 57.5 Å². The fourth-order valence-corrected chi connectivity index (χ4v) is 5.66. The summed E-state index contributed by atoms with van der Waals surface area (Å²) in [7, 11) is 0. The molecule has 5 rings (SSSR count). The molecule has 0 radical (unpaired) electrons. The Labute approximate surface area is 202 Å². The van der Waals surface area contributed by atoms with E-state index >= 15 is 0 Å². The van der Waals surface area contributed by atoms with Gasteiger partial charge in [-0.25, -0.2) is 0 Å².